The quantitative estimate of drug-likeness (QED) is 0.147. The molecule has 3 heterocycles. The summed E-state index contributed by atoms with van der Waals surface area (Å²) in [4.78, 5) is 67.4. The molecule has 2 N–H and O–H groups in total. The van der Waals surface area contributed by atoms with Gasteiger partial charge in [-0.15, -0.1) is 0 Å². The van der Waals surface area contributed by atoms with Crippen LogP contribution in [0.5, 0.6) is 11.5 Å². The first-order valence-electron chi connectivity index (χ1n) is 13.9. The van der Waals surface area contributed by atoms with Crippen LogP contribution in [0.4, 0.5) is 17.1 Å². The number of ether oxygens (including phenoxy) is 2. The predicted molar refractivity (Wildman–Crippen MR) is 168 cm³/mol. The van der Waals surface area contributed by atoms with Crippen molar-refractivity contribution in [1.82, 2.24) is 4.98 Å². The van der Waals surface area contributed by atoms with Crippen LogP contribution in [0.1, 0.15) is 28.8 Å². The first kappa shape index (κ1) is 30.1. The molecule has 0 bridgehead atoms. The number of nitro benzene ring substituents is 1. The number of H-pyrrole nitrogens is 1. The molecule has 230 valence electrons. The third kappa shape index (κ3) is 5.81. The lowest BCUT2D eigenvalue weighted by Gasteiger charge is -2.30. The van der Waals surface area contributed by atoms with Gasteiger partial charge in [0.1, 0.15) is 5.25 Å². The Balaban J connectivity index is 1.30. The van der Waals surface area contributed by atoms with E-state index in [0.29, 0.717) is 32.7 Å². The second kappa shape index (κ2) is 12.2. The fourth-order valence-electron chi connectivity index (χ4n) is 5.44. The molecule has 6 rings (SSSR count). The van der Waals surface area contributed by atoms with E-state index in [1.165, 1.54) is 24.3 Å². The first-order valence-corrected chi connectivity index (χ1v) is 15.6. The number of hydrogen-bond donors (Lipinski definition) is 2. The number of amides is 3. The fraction of sp³-hybridized carbons (Fsp3) is 0.226. The number of fused-ring (bicyclic) bond motifs is 2. The zero-order chi connectivity index (χ0) is 31.8. The number of aryl methyl sites for hydroxylation is 1. The highest BCUT2D eigenvalue weighted by Gasteiger charge is 2.56. The van der Waals surface area contributed by atoms with Gasteiger partial charge in [0, 0.05) is 28.6 Å². The SMILES string of the molecule is CCOc1cc([C@@H]2c3sc(=O)[nH]c3S[C@H]3C(=O)N(c4ccc([N+](=O)[O-])cc4)C(=O)[C@@H]23)ccc1OCC(=O)Nc1ccc(C)cc1. The van der Waals surface area contributed by atoms with Crippen LogP contribution in [0.2, 0.25) is 0 Å². The second-order valence-corrected chi connectivity index (χ2v) is 12.5. The van der Waals surface area contributed by atoms with Crippen molar-refractivity contribution in [2.24, 2.45) is 5.92 Å². The van der Waals surface area contributed by atoms with Crippen LogP contribution >= 0.6 is 23.1 Å². The summed E-state index contributed by atoms with van der Waals surface area (Å²) in [6.45, 7) is 3.76. The number of thiazole rings is 1. The van der Waals surface area contributed by atoms with Gasteiger partial charge in [0.05, 0.1) is 28.2 Å². The normalized spacial score (nSPS) is 18.7. The number of carbonyl (C=O) groups is 3. The lowest BCUT2D eigenvalue weighted by atomic mass is 9.83. The maximum Gasteiger partial charge on any atom is 0.305 e. The van der Waals surface area contributed by atoms with E-state index in [1.807, 2.05) is 19.1 Å². The molecule has 0 unspecified atom stereocenters. The van der Waals surface area contributed by atoms with E-state index in [-0.39, 0.29) is 35.4 Å². The number of aromatic nitrogens is 1. The zero-order valence-electron chi connectivity index (χ0n) is 24.0. The molecule has 0 aliphatic carbocycles. The lowest BCUT2D eigenvalue weighted by molar-refractivity contribution is -0.384. The molecule has 0 radical (unpaired) electrons. The minimum Gasteiger partial charge on any atom is -0.490 e. The molecule has 3 atom stereocenters. The minimum atomic E-state index is -0.863. The molecule has 1 fully saturated rings. The van der Waals surface area contributed by atoms with E-state index in [9.17, 15) is 29.3 Å². The van der Waals surface area contributed by atoms with Crippen LogP contribution in [-0.2, 0) is 14.4 Å². The number of thioether (sulfide) groups is 1. The summed E-state index contributed by atoms with van der Waals surface area (Å²) in [7, 11) is 0. The Morgan fingerprint density at radius 1 is 1.00 bits per heavy atom. The van der Waals surface area contributed by atoms with Gasteiger partial charge in [0.25, 0.3) is 11.6 Å². The monoisotopic (exact) mass is 646 g/mol. The average molecular weight is 647 g/mol. The third-order valence-electron chi connectivity index (χ3n) is 7.46. The predicted octanol–water partition coefficient (Wildman–Crippen LogP) is 4.87. The van der Waals surface area contributed by atoms with Crippen LogP contribution in [0, 0.1) is 23.0 Å². The van der Waals surface area contributed by atoms with Crippen molar-refractivity contribution < 1.29 is 28.8 Å². The number of aromatic amines is 1. The summed E-state index contributed by atoms with van der Waals surface area (Å²) in [5.74, 6) is -2.21. The number of nitro groups is 1. The topological polar surface area (TPSA) is 161 Å². The van der Waals surface area contributed by atoms with Crippen molar-refractivity contribution in [3.05, 3.63) is 103 Å². The van der Waals surface area contributed by atoms with Crippen LogP contribution in [0.3, 0.4) is 0 Å². The van der Waals surface area contributed by atoms with Crippen molar-refractivity contribution in [3.63, 3.8) is 0 Å². The molecule has 1 saturated heterocycles. The lowest BCUT2D eigenvalue weighted by Crippen LogP contribution is -2.32. The van der Waals surface area contributed by atoms with Crippen molar-refractivity contribution >= 4 is 57.9 Å². The molecule has 0 saturated carbocycles. The Morgan fingerprint density at radius 2 is 1.73 bits per heavy atom. The maximum absolute atomic E-state index is 14.0. The van der Waals surface area contributed by atoms with Gasteiger partial charge in [-0.1, -0.05) is 46.9 Å². The van der Waals surface area contributed by atoms with E-state index in [1.54, 1.807) is 37.3 Å². The molecular weight excluding hydrogens is 620 g/mol. The number of benzene rings is 3. The molecule has 3 amide bonds. The van der Waals surface area contributed by atoms with Crippen molar-refractivity contribution in [3.8, 4) is 11.5 Å². The van der Waals surface area contributed by atoms with E-state index in [0.717, 1.165) is 33.6 Å². The van der Waals surface area contributed by atoms with E-state index in [4.69, 9.17) is 9.47 Å². The summed E-state index contributed by atoms with van der Waals surface area (Å²) in [5, 5.41) is 13.6. The molecule has 2 aliphatic heterocycles. The molecule has 2 aliphatic rings. The Bertz CT molecular complexity index is 1870. The molecule has 14 heteroatoms. The Morgan fingerprint density at radius 3 is 2.42 bits per heavy atom. The average Bonchev–Trinajstić information content (AvgIpc) is 3.51. The highest BCUT2D eigenvalue weighted by molar-refractivity contribution is 8.00. The number of nitrogens with zero attached hydrogens (tertiary/aromatic N) is 2. The molecule has 12 nitrogen and oxygen atoms in total. The van der Waals surface area contributed by atoms with Crippen LogP contribution in [0.15, 0.2) is 76.6 Å². The van der Waals surface area contributed by atoms with Gasteiger partial charge in [-0.3, -0.25) is 29.3 Å². The molecule has 0 spiro atoms. The van der Waals surface area contributed by atoms with E-state index >= 15 is 0 Å². The summed E-state index contributed by atoms with van der Waals surface area (Å²) in [6, 6.07) is 17.7. The molecular formula is C31H26N4O8S2. The molecule has 4 aromatic rings. The number of non-ortho nitro benzene ring substituents is 1. The first-order chi connectivity index (χ1) is 21.6. The van der Waals surface area contributed by atoms with Gasteiger partial charge >= 0.3 is 4.87 Å². The summed E-state index contributed by atoms with van der Waals surface area (Å²) >= 11 is 2.10. The Labute approximate surface area is 264 Å². The van der Waals surface area contributed by atoms with Crippen LogP contribution in [0.25, 0.3) is 0 Å². The number of hydrogen-bond acceptors (Lipinski definition) is 10. The van der Waals surface area contributed by atoms with Crippen LogP contribution < -0.4 is 24.6 Å². The standard InChI is InChI=1S/C31H26N4O8S2/c1-3-42-22-14-17(6-13-21(22)43-15-23(36)32-18-7-4-16(2)5-8-18)24-25-27(44-28-26(24)45-31(39)33-28)30(38)34(29(25)37)19-9-11-20(12-10-19)35(40)41/h4-14,24-25,27H,3,15H2,1-2H3,(H,32,36)(H,33,39)/t24-,25-,27+/m0/s1. The summed E-state index contributed by atoms with van der Waals surface area (Å²) in [5.41, 5.74) is 2.38. The number of carbonyl (C=O) groups excluding carboxylic acids is 3. The number of imide groups is 1. The Hall–Kier alpha value is -4.95. The van der Waals surface area contributed by atoms with E-state index in [2.05, 4.69) is 10.3 Å². The molecule has 1 aromatic heterocycles. The summed E-state index contributed by atoms with van der Waals surface area (Å²) < 4.78 is 11.7. The molecule has 3 aromatic carbocycles. The van der Waals surface area contributed by atoms with Crippen molar-refractivity contribution in [2.75, 3.05) is 23.4 Å². The van der Waals surface area contributed by atoms with Crippen LogP contribution in [-0.4, -0.2) is 46.1 Å². The minimum absolute atomic E-state index is 0.166. The molecule has 45 heavy (non-hydrogen) atoms. The second-order valence-electron chi connectivity index (χ2n) is 10.4. The summed E-state index contributed by atoms with van der Waals surface area (Å²) in [6.07, 6.45) is 0. The van der Waals surface area contributed by atoms with Gasteiger partial charge in [0.15, 0.2) is 18.1 Å². The Kier molecular flexibility index (Phi) is 8.16. The van der Waals surface area contributed by atoms with Gasteiger partial charge in [0.2, 0.25) is 11.8 Å². The van der Waals surface area contributed by atoms with Crippen molar-refractivity contribution in [1.29, 1.82) is 0 Å². The highest BCUT2D eigenvalue weighted by atomic mass is 32.2. The smallest absolute Gasteiger partial charge is 0.305 e. The highest BCUT2D eigenvalue weighted by Crippen LogP contribution is 2.53. The third-order valence-corrected chi connectivity index (χ3v) is 9.86. The largest absolute Gasteiger partial charge is 0.490 e. The van der Waals surface area contributed by atoms with Gasteiger partial charge in [-0.25, -0.2) is 4.90 Å². The van der Waals surface area contributed by atoms with Gasteiger partial charge < -0.3 is 19.8 Å². The van der Waals surface area contributed by atoms with E-state index < -0.39 is 33.8 Å². The van der Waals surface area contributed by atoms with Gasteiger partial charge in [-0.05, 0) is 55.8 Å². The van der Waals surface area contributed by atoms with Gasteiger partial charge in [-0.2, -0.15) is 0 Å². The van der Waals surface area contributed by atoms with Crippen molar-refractivity contribution in [2.45, 2.75) is 30.0 Å². The number of anilines is 2. The number of nitrogens with one attached hydrogen (secondary N) is 2. The fourth-order valence-corrected chi connectivity index (χ4v) is 7.95. The zero-order valence-corrected chi connectivity index (χ0v) is 25.6. The number of rotatable bonds is 9. The maximum atomic E-state index is 14.0.